The molecule has 1 aromatic carbocycles. The van der Waals surface area contributed by atoms with Gasteiger partial charge < -0.3 is 15.2 Å². The first-order chi connectivity index (χ1) is 9.43. The molecule has 1 rings (SSSR count). The van der Waals surface area contributed by atoms with E-state index in [1.54, 1.807) is 0 Å². The molecule has 0 aromatic heterocycles. The molecule has 20 heavy (non-hydrogen) atoms. The Bertz CT molecular complexity index is 535. The van der Waals surface area contributed by atoms with E-state index in [-0.39, 0.29) is 22.8 Å². The minimum Gasteiger partial charge on any atom is -0.481 e. The number of ether oxygens (including phenoxy) is 1. The van der Waals surface area contributed by atoms with Crippen LogP contribution in [0, 0.1) is 5.82 Å². The first kappa shape index (κ1) is 16.0. The van der Waals surface area contributed by atoms with Crippen LogP contribution in [0.25, 0.3) is 0 Å². The van der Waals surface area contributed by atoms with E-state index in [2.05, 4.69) is 10.1 Å². The molecule has 0 aliphatic heterocycles. The van der Waals surface area contributed by atoms with Crippen molar-refractivity contribution in [3.63, 3.8) is 0 Å². The van der Waals surface area contributed by atoms with Crippen molar-refractivity contribution in [2.45, 2.75) is 0 Å². The summed E-state index contributed by atoms with van der Waals surface area (Å²) in [5, 5.41) is 10.8. The van der Waals surface area contributed by atoms with Gasteiger partial charge in [-0.1, -0.05) is 0 Å². The zero-order valence-electron chi connectivity index (χ0n) is 10.5. The minimum absolute atomic E-state index is 0.0159. The second-order valence-corrected chi connectivity index (χ2v) is 4.60. The average Bonchev–Trinajstić information content (AvgIpc) is 2.37. The SMILES string of the molecule is COC(=O)c1ccc(F)cc1NC(=O)CSCC(=O)O. The average molecular weight is 301 g/mol. The third-order valence-electron chi connectivity index (χ3n) is 2.12. The number of carbonyl (C=O) groups excluding carboxylic acids is 2. The largest absolute Gasteiger partial charge is 0.481 e. The standard InChI is InChI=1S/C12H12FNO5S/c1-19-12(18)8-3-2-7(13)4-9(8)14-10(15)5-20-6-11(16)17/h2-4H,5-6H2,1H3,(H,14,15)(H,16,17). The molecule has 6 nitrogen and oxygen atoms in total. The van der Waals surface area contributed by atoms with Gasteiger partial charge in [0.15, 0.2) is 0 Å². The molecular formula is C12H12FNO5S. The summed E-state index contributed by atoms with van der Waals surface area (Å²) in [5.74, 6) is -3.25. The van der Waals surface area contributed by atoms with Crippen LogP contribution in [-0.4, -0.2) is 41.6 Å². The van der Waals surface area contributed by atoms with Crippen LogP contribution < -0.4 is 5.32 Å². The summed E-state index contributed by atoms with van der Waals surface area (Å²) in [5.41, 5.74) is 0.00302. The van der Waals surface area contributed by atoms with Gasteiger partial charge >= 0.3 is 11.9 Å². The number of aliphatic carboxylic acids is 1. The fraction of sp³-hybridized carbons (Fsp3) is 0.250. The predicted octanol–water partition coefficient (Wildman–Crippen LogP) is 1.37. The van der Waals surface area contributed by atoms with E-state index >= 15 is 0 Å². The van der Waals surface area contributed by atoms with Crippen LogP contribution in [0.4, 0.5) is 10.1 Å². The highest BCUT2D eigenvalue weighted by Crippen LogP contribution is 2.18. The maximum atomic E-state index is 13.1. The van der Waals surface area contributed by atoms with Crippen molar-refractivity contribution in [3.05, 3.63) is 29.6 Å². The summed E-state index contributed by atoms with van der Waals surface area (Å²) in [6, 6.07) is 3.26. The number of anilines is 1. The number of carbonyl (C=O) groups is 3. The molecule has 0 fully saturated rings. The van der Waals surface area contributed by atoms with E-state index in [0.717, 1.165) is 23.9 Å². The van der Waals surface area contributed by atoms with Gasteiger partial charge in [0, 0.05) is 0 Å². The second kappa shape index (κ2) is 7.49. The summed E-state index contributed by atoms with van der Waals surface area (Å²) in [4.78, 5) is 33.3. The Kier molecular flexibility index (Phi) is 5.98. The van der Waals surface area contributed by atoms with Crippen molar-refractivity contribution in [1.29, 1.82) is 0 Å². The molecular weight excluding hydrogens is 289 g/mol. The summed E-state index contributed by atoms with van der Waals surface area (Å²) >= 11 is 0.891. The first-order valence-corrected chi connectivity index (χ1v) is 6.56. The lowest BCUT2D eigenvalue weighted by atomic mass is 10.1. The Balaban J connectivity index is 2.75. The van der Waals surface area contributed by atoms with Gasteiger partial charge in [-0.05, 0) is 18.2 Å². The van der Waals surface area contributed by atoms with Crippen LogP contribution in [0.3, 0.4) is 0 Å². The number of nitrogens with one attached hydrogen (secondary N) is 1. The number of hydrogen-bond acceptors (Lipinski definition) is 5. The van der Waals surface area contributed by atoms with Gasteiger partial charge in [0.1, 0.15) is 5.82 Å². The highest BCUT2D eigenvalue weighted by atomic mass is 32.2. The van der Waals surface area contributed by atoms with Crippen LogP contribution in [0.15, 0.2) is 18.2 Å². The molecule has 108 valence electrons. The Morgan fingerprint density at radius 3 is 2.65 bits per heavy atom. The van der Waals surface area contributed by atoms with Crippen molar-refractivity contribution in [2.24, 2.45) is 0 Å². The third kappa shape index (κ3) is 4.88. The summed E-state index contributed by atoms with van der Waals surface area (Å²) in [7, 11) is 1.17. The highest BCUT2D eigenvalue weighted by Gasteiger charge is 2.15. The molecule has 0 aliphatic rings. The third-order valence-corrected chi connectivity index (χ3v) is 3.04. The Hall–Kier alpha value is -2.09. The number of thioether (sulfide) groups is 1. The van der Waals surface area contributed by atoms with Crippen molar-refractivity contribution in [2.75, 3.05) is 23.9 Å². The lowest BCUT2D eigenvalue weighted by Crippen LogP contribution is -2.18. The van der Waals surface area contributed by atoms with E-state index in [9.17, 15) is 18.8 Å². The van der Waals surface area contributed by atoms with Gasteiger partial charge in [0.05, 0.1) is 29.9 Å². The molecule has 0 atom stereocenters. The van der Waals surface area contributed by atoms with Gasteiger partial charge in [0.25, 0.3) is 0 Å². The molecule has 0 aliphatic carbocycles. The highest BCUT2D eigenvalue weighted by molar-refractivity contribution is 8.00. The number of amides is 1. The van der Waals surface area contributed by atoms with Crippen molar-refractivity contribution >= 4 is 35.3 Å². The van der Waals surface area contributed by atoms with Crippen LogP contribution in [-0.2, 0) is 14.3 Å². The van der Waals surface area contributed by atoms with Crippen LogP contribution >= 0.6 is 11.8 Å². The first-order valence-electron chi connectivity index (χ1n) is 5.41. The fourth-order valence-electron chi connectivity index (χ4n) is 1.33. The molecule has 1 aromatic rings. The number of halogens is 1. The Morgan fingerprint density at radius 2 is 2.05 bits per heavy atom. The molecule has 2 N–H and O–H groups in total. The fourth-order valence-corrected chi connectivity index (χ4v) is 1.86. The number of esters is 1. The van der Waals surface area contributed by atoms with Gasteiger partial charge in [-0.2, -0.15) is 0 Å². The normalized spacial score (nSPS) is 9.90. The smallest absolute Gasteiger partial charge is 0.339 e. The number of rotatable bonds is 6. The van der Waals surface area contributed by atoms with E-state index in [1.807, 2.05) is 0 Å². The van der Waals surface area contributed by atoms with E-state index < -0.39 is 23.7 Å². The minimum atomic E-state index is -1.04. The predicted molar refractivity (Wildman–Crippen MR) is 71.3 cm³/mol. The van der Waals surface area contributed by atoms with Crippen molar-refractivity contribution in [1.82, 2.24) is 0 Å². The molecule has 0 heterocycles. The van der Waals surface area contributed by atoms with Crippen LogP contribution in [0.1, 0.15) is 10.4 Å². The number of hydrogen-bond donors (Lipinski definition) is 2. The molecule has 8 heteroatoms. The van der Waals surface area contributed by atoms with Gasteiger partial charge in [-0.15, -0.1) is 11.8 Å². The molecule has 0 unspecified atom stereocenters. The van der Waals surface area contributed by atoms with E-state index in [0.29, 0.717) is 0 Å². The summed E-state index contributed by atoms with van der Waals surface area (Å²) in [6.07, 6.45) is 0. The topological polar surface area (TPSA) is 92.7 Å². The molecule has 0 spiro atoms. The van der Waals surface area contributed by atoms with E-state index in [1.165, 1.54) is 13.2 Å². The number of benzene rings is 1. The van der Waals surface area contributed by atoms with Gasteiger partial charge in [-0.25, -0.2) is 9.18 Å². The number of methoxy groups -OCH3 is 1. The zero-order chi connectivity index (χ0) is 15.1. The molecule has 0 saturated heterocycles. The molecule has 0 radical (unpaired) electrons. The quantitative estimate of drug-likeness (QED) is 0.771. The molecule has 0 bridgehead atoms. The zero-order valence-corrected chi connectivity index (χ0v) is 11.3. The van der Waals surface area contributed by atoms with Crippen molar-refractivity contribution in [3.8, 4) is 0 Å². The summed E-state index contributed by atoms with van der Waals surface area (Å²) < 4.78 is 17.7. The van der Waals surface area contributed by atoms with Crippen LogP contribution in [0.2, 0.25) is 0 Å². The Labute approximate surface area is 118 Å². The molecule has 0 saturated carbocycles. The number of carboxylic acids is 1. The molecule has 1 amide bonds. The number of carboxylic acid groups (broad SMARTS) is 1. The second-order valence-electron chi connectivity index (χ2n) is 3.62. The lowest BCUT2D eigenvalue weighted by Gasteiger charge is -2.09. The van der Waals surface area contributed by atoms with Crippen LogP contribution in [0.5, 0.6) is 0 Å². The van der Waals surface area contributed by atoms with E-state index in [4.69, 9.17) is 5.11 Å². The maximum Gasteiger partial charge on any atom is 0.339 e. The maximum absolute atomic E-state index is 13.1. The van der Waals surface area contributed by atoms with Gasteiger partial charge in [-0.3, -0.25) is 9.59 Å². The monoisotopic (exact) mass is 301 g/mol. The van der Waals surface area contributed by atoms with Gasteiger partial charge in [0.2, 0.25) is 5.91 Å². The summed E-state index contributed by atoms with van der Waals surface area (Å²) in [6.45, 7) is 0. The Morgan fingerprint density at radius 1 is 1.35 bits per heavy atom. The van der Waals surface area contributed by atoms with Crippen molar-refractivity contribution < 1.29 is 28.6 Å². The lowest BCUT2D eigenvalue weighted by molar-refractivity contribution is -0.133.